The number of nitro benzene ring substituents is 1. The minimum Gasteiger partial charge on any atom is -0.383 e. The van der Waals surface area contributed by atoms with Crippen LogP contribution in [0.2, 0.25) is 0 Å². The molecule has 0 aliphatic carbocycles. The van der Waals surface area contributed by atoms with E-state index in [1.807, 2.05) is 24.3 Å². The van der Waals surface area contributed by atoms with E-state index < -0.39 is 4.92 Å². The monoisotopic (exact) mass is 445 g/mol. The molecule has 2 aromatic carbocycles. The average Bonchev–Trinajstić information content (AvgIpc) is 3.09. The molecule has 0 bridgehead atoms. The van der Waals surface area contributed by atoms with Gasteiger partial charge in [-0.25, -0.2) is 9.97 Å². The van der Waals surface area contributed by atoms with E-state index in [0.29, 0.717) is 34.3 Å². The zero-order valence-electron chi connectivity index (χ0n) is 18.1. The second-order valence-electron chi connectivity index (χ2n) is 7.52. The highest BCUT2D eigenvalue weighted by atomic mass is 16.6. The Kier molecular flexibility index (Phi) is 6.25. The highest BCUT2D eigenvalue weighted by molar-refractivity contribution is 6.10. The van der Waals surface area contributed by atoms with E-state index in [2.05, 4.69) is 27.3 Å². The molecule has 0 unspecified atom stereocenters. The fraction of sp³-hybridized carbons (Fsp3) is 0.217. The van der Waals surface area contributed by atoms with E-state index in [1.165, 1.54) is 23.0 Å². The average molecular weight is 445 g/mol. The maximum absolute atomic E-state index is 13.0. The van der Waals surface area contributed by atoms with Gasteiger partial charge >= 0.3 is 0 Å². The molecule has 4 rings (SSSR count). The van der Waals surface area contributed by atoms with E-state index >= 15 is 0 Å². The number of nitrogens with one attached hydrogen (secondary N) is 1. The Morgan fingerprint density at radius 1 is 1.18 bits per heavy atom. The Morgan fingerprint density at radius 3 is 2.67 bits per heavy atom. The minimum atomic E-state index is -0.477. The molecule has 4 aromatic rings. The standard InChI is InChI=1S/C23H23N7O3/c1-2-3-6-12-25-23(31)19-20-22(28-18-11-5-4-10-17(18)27-20)29(21(19)24)26-14-15-8-7-9-16(13-15)30(32)33/h4-5,7-11,13-14H,2-3,6,12,24H2,1H3,(H,25,31). The fourth-order valence-electron chi connectivity index (χ4n) is 3.50. The highest BCUT2D eigenvalue weighted by Gasteiger charge is 2.23. The van der Waals surface area contributed by atoms with Gasteiger partial charge in [0.05, 0.1) is 22.2 Å². The molecule has 0 saturated carbocycles. The lowest BCUT2D eigenvalue weighted by Gasteiger charge is -2.05. The Balaban J connectivity index is 1.80. The van der Waals surface area contributed by atoms with Crippen LogP contribution < -0.4 is 11.1 Å². The van der Waals surface area contributed by atoms with Crippen LogP contribution in [0.1, 0.15) is 42.1 Å². The maximum Gasteiger partial charge on any atom is 0.270 e. The number of nitrogens with two attached hydrogens (primary N) is 1. The summed E-state index contributed by atoms with van der Waals surface area (Å²) >= 11 is 0. The van der Waals surface area contributed by atoms with Crippen molar-refractivity contribution in [1.29, 1.82) is 0 Å². The van der Waals surface area contributed by atoms with Crippen molar-refractivity contribution >= 4 is 45.8 Å². The number of para-hydroxylation sites is 2. The number of non-ortho nitro benzene ring substituents is 1. The van der Waals surface area contributed by atoms with Crippen LogP contribution in [0.25, 0.3) is 22.2 Å². The number of aromatic nitrogens is 3. The number of carbonyl (C=O) groups excluding carboxylic acids is 1. The Morgan fingerprint density at radius 2 is 1.94 bits per heavy atom. The Labute approximate surface area is 189 Å². The number of unbranched alkanes of at least 4 members (excludes halogenated alkanes) is 2. The van der Waals surface area contributed by atoms with Crippen LogP contribution in [0, 0.1) is 10.1 Å². The molecule has 10 heteroatoms. The molecule has 2 heterocycles. The van der Waals surface area contributed by atoms with Crippen LogP contribution in [-0.2, 0) is 0 Å². The van der Waals surface area contributed by atoms with Crippen LogP contribution in [-0.4, -0.2) is 38.2 Å². The zero-order chi connectivity index (χ0) is 23.4. The third-order valence-electron chi connectivity index (χ3n) is 5.17. The molecule has 0 radical (unpaired) electrons. The van der Waals surface area contributed by atoms with E-state index in [9.17, 15) is 14.9 Å². The van der Waals surface area contributed by atoms with E-state index in [1.54, 1.807) is 12.1 Å². The van der Waals surface area contributed by atoms with Gasteiger partial charge in [0.2, 0.25) is 0 Å². The summed E-state index contributed by atoms with van der Waals surface area (Å²) in [6, 6.07) is 13.3. The molecule has 0 atom stereocenters. The topological polar surface area (TPSA) is 141 Å². The van der Waals surface area contributed by atoms with Gasteiger partial charge in [0.1, 0.15) is 16.9 Å². The molecular weight excluding hydrogens is 422 g/mol. The second-order valence-corrected chi connectivity index (χ2v) is 7.52. The molecule has 0 saturated heterocycles. The van der Waals surface area contributed by atoms with Crippen molar-refractivity contribution in [2.24, 2.45) is 5.10 Å². The van der Waals surface area contributed by atoms with Gasteiger partial charge in [-0.1, -0.05) is 44.0 Å². The molecule has 168 valence electrons. The lowest BCUT2D eigenvalue weighted by atomic mass is 10.2. The van der Waals surface area contributed by atoms with E-state index in [0.717, 1.165) is 19.3 Å². The number of amides is 1. The Bertz CT molecular complexity index is 1380. The number of hydrogen-bond acceptors (Lipinski definition) is 7. The number of carbonyl (C=O) groups is 1. The summed E-state index contributed by atoms with van der Waals surface area (Å²) in [7, 11) is 0. The van der Waals surface area contributed by atoms with Crippen LogP contribution in [0.5, 0.6) is 0 Å². The molecule has 10 nitrogen and oxygen atoms in total. The number of anilines is 1. The fourth-order valence-corrected chi connectivity index (χ4v) is 3.50. The summed E-state index contributed by atoms with van der Waals surface area (Å²) in [5.74, 6) is -0.252. The first-order valence-corrected chi connectivity index (χ1v) is 10.6. The van der Waals surface area contributed by atoms with Gasteiger partial charge in [-0.3, -0.25) is 14.9 Å². The highest BCUT2D eigenvalue weighted by Crippen LogP contribution is 2.28. The smallest absolute Gasteiger partial charge is 0.270 e. The third-order valence-corrected chi connectivity index (χ3v) is 5.17. The van der Waals surface area contributed by atoms with Crippen molar-refractivity contribution in [3.05, 3.63) is 69.8 Å². The number of benzene rings is 2. The molecule has 2 aromatic heterocycles. The summed E-state index contributed by atoms with van der Waals surface area (Å²) in [5, 5.41) is 18.3. The molecule has 0 spiro atoms. The van der Waals surface area contributed by atoms with Crippen molar-refractivity contribution in [2.45, 2.75) is 26.2 Å². The van der Waals surface area contributed by atoms with Gasteiger partial charge in [0.15, 0.2) is 5.65 Å². The van der Waals surface area contributed by atoms with Gasteiger partial charge in [0.25, 0.3) is 11.6 Å². The summed E-state index contributed by atoms with van der Waals surface area (Å²) < 4.78 is 1.34. The summed E-state index contributed by atoms with van der Waals surface area (Å²) in [5.41, 5.74) is 8.93. The maximum atomic E-state index is 13.0. The first kappa shape index (κ1) is 21.9. The quantitative estimate of drug-likeness (QED) is 0.182. The minimum absolute atomic E-state index is 0.0535. The molecule has 0 aliphatic heterocycles. The summed E-state index contributed by atoms with van der Waals surface area (Å²) in [6.07, 6.45) is 4.35. The molecule has 1 amide bonds. The van der Waals surface area contributed by atoms with Gasteiger partial charge in [-0.2, -0.15) is 9.78 Å². The molecule has 33 heavy (non-hydrogen) atoms. The van der Waals surface area contributed by atoms with Crippen LogP contribution in [0.15, 0.2) is 53.6 Å². The molecule has 0 fully saturated rings. The number of nitrogen functional groups attached to an aromatic ring is 1. The molecule has 3 N–H and O–H groups in total. The number of nitro groups is 1. The number of rotatable bonds is 8. The zero-order valence-corrected chi connectivity index (χ0v) is 18.1. The van der Waals surface area contributed by atoms with E-state index in [-0.39, 0.29) is 23.0 Å². The number of fused-ring (bicyclic) bond motifs is 2. The van der Waals surface area contributed by atoms with Gasteiger partial charge in [-0.05, 0) is 18.6 Å². The first-order chi connectivity index (χ1) is 16.0. The number of nitrogens with zero attached hydrogens (tertiary/aromatic N) is 5. The lowest BCUT2D eigenvalue weighted by Crippen LogP contribution is -2.25. The summed E-state index contributed by atoms with van der Waals surface area (Å²) in [4.78, 5) is 32.8. The lowest BCUT2D eigenvalue weighted by molar-refractivity contribution is -0.384. The molecule has 0 aliphatic rings. The van der Waals surface area contributed by atoms with Crippen molar-refractivity contribution in [3.8, 4) is 0 Å². The van der Waals surface area contributed by atoms with Crippen LogP contribution in [0.3, 0.4) is 0 Å². The van der Waals surface area contributed by atoms with Gasteiger partial charge in [0, 0.05) is 24.2 Å². The normalized spacial score (nSPS) is 11.4. The van der Waals surface area contributed by atoms with Crippen molar-refractivity contribution in [1.82, 2.24) is 20.0 Å². The second kappa shape index (κ2) is 9.43. The van der Waals surface area contributed by atoms with E-state index in [4.69, 9.17) is 5.73 Å². The predicted octanol–water partition coefficient (Wildman–Crippen LogP) is 3.88. The first-order valence-electron chi connectivity index (χ1n) is 10.6. The van der Waals surface area contributed by atoms with Crippen molar-refractivity contribution in [2.75, 3.05) is 12.3 Å². The third kappa shape index (κ3) is 4.49. The van der Waals surface area contributed by atoms with Gasteiger partial charge < -0.3 is 11.1 Å². The predicted molar refractivity (Wildman–Crippen MR) is 127 cm³/mol. The van der Waals surface area contributed by atoms with Crippen molar-refractivity contribution < 1.29 is 9.72 Å². The largest absolute Gasteiger partial charge is 0.383 e. The summed E-state index contributed by atoms with van der Waals surface area (Å²) in [6.45, 7) is 2.62. The number of hydrogen-bond donors (Lipinski definition) is 2. The van der Waals surface area contributed by atoms with Gasteiger partial charge in [-0.15, -0.1) is 0 Å². The van der Waals surface area contributed by atoms with Crippen LogP contribution >= 0.6 is 0 Å². The van der Waals surface area contributed by atoms with Crippen LogP contribution in [0.4, 0.5) is 11.5 Å². The SMILES string of the molecule is CCCCCNC(=O)c1c(N)n(N=Cc2cccc([N+](=O)[O-])c2)c2nc3ccccc3nc12. The Hall–Kier alpha value is -4.34. The molecular formula is C23H23N7O3. The van der Waals surface area contributed by atoms with Crippen molar-refractivity contribution in [3.63, 3.8) is 0 Å².